The summed E-state index contributed by atoms with van der Waals surface area (Å²) in [6, 6.07) is 12.0. The minimum atomic E-state index is -0.516. The average Bonchev–Trinajstić information content (AvgIpc) is 3.38. The van der Waals surface area contributed by atoms with Gasteiger partial charge in [0.15, 0.2) is 0 Å². The molecule has 0 bridgehead atoms. The van der Waals surface area contributed by atoms with Crippen LogP contribution in [0.5, 0.6) is 0 Å². The van der Waals surface area contributed by atoms with E-state index >= 15 is 0 Å². The Labute approximate surface area is 198 Å². The Balaban J connectivity index is 1.46. The number of hydrogen-bond acceptors (Lipinski definition) is 6. The Morgan fingerprint density at radius 3 is 2.62 bits per heavy atom. The van der Waals surface area contributed by atoms with E-state index in [1.807, 2.05) is 51.2 Å². The number of likely N-dealkylation sites (tertiary alicyclic amines) is 1. The van der Waals surface area contributed by atoms with Crippen molar-refractivity contribution in [3.8, 4) is 0 Å². The zero-order valence-corrected chi connectivity index (χ0v) is 20.4. The molecule has 4 heterocycles. The number of pyridine rings is 1. The lowest BCUT2D eigenvalue weighted by Crippen LogP contribution is -2.33. The van der Waals surface area contributed by atoms with Gasteiger partial charge in [0.2, 0.25) is 0 Å². The number of nitrogens with zero attached hydrogens (tertiary/aromatic N) is 4. The summed E-state index contributed by atoms with van der Waals surface area (Å²) in [5.41, 5.74) is 1.58. The largest absolute Gasteiger partial charge is 0.365 e. The second-order valence-corrected chi connectivity index (χ2v) is 11.2. The van der Waals surface area contributed by atoms with E-state index in [1.165, 1.54) is 0 Å². The molecule has 0 atom stereocenters. The number of carbonyl (C=O) groups is 1. The maximum Gasteiger partial charge on any atom is 0.254 e. The highest BCUT2D eigenvalue weighted by Crippen LogP contribution is 2.31. The molecule has 3 aromatic heterocycles. The van der Waals surface area contributed by atoms with Gasteiger partial charge in [0.05, 0.1) is 22.3 Å². The minimum Gasteiger partial charge on any atom is -0.365 e. The van der Waals surface area contributed by atoms with Gasteiger partial charge >= 0.3 is 0 Å². The van der Waals surface area contributed by atoms with Crippen LogP contribution in [0.25, 0.3) is 0 Å². The van der Waals surface area contributed by atoms with Crippen LogP contribution < -0.4 is 5.32 Å². The van der Waals surface area contributed by atoms with E-state index in [0.29, 0.717) is 12.5 Å². The molecule has 4 rings (SSSR count). The molecular weight excluding hydrogens is 442 g/mol. The van der Waals surface area contributed by atoms with E-state index < -0.39 is 5.41 Å². The molecule has 0 aliphatic carbocycles. The van der Waals surface area contributed by atoms with Crippen molar-refractivity contribution in [3.05, 3.63) is 63.2 Å². The molecule has 0 saturated carbocycles. The van der Waals surface area contributed by atoms with Crippen LogP contribution in [0.4, 0.5) is 5.82 Å². The molecular formula is C24H30ClN5OS. The summed E-state index contributed by atoms with van der Waals surface area (Å²) in [4.78, 5) is 21.1. The molecule has 1 fully saturated rings. The van der Waals surface area contributed by atoms with Crippen LogP contribution in [-0.2, 0) is 13.1 Å². The molecule has 8 heteroatoms. The van der Waals surface area contributed by atoms with Gasteiger partial charge in [0.25, 0.3) is 5.91 Å². The molecule has 1 aliphatic heterocycles. The first kappa shape index (κ1) is 23.0. The Morgan fingerprint density at radius 2 is 2.00 bits per heavy atom. The highest BCUT2D eigenvalue weighted by molar-refractivity contribution is 7.16. The third-order valence-electron chi connectivity index (χ3n) is 5.75. The SMILES string of the molecule is CC(C)(C)C(=O)n1nc(C2CCN(Cc3ccccn3)CC2)cc1NCc1ccc(Cl)s1. The van der Waals surface area contributed by atoms with Crippen molar-refractivity contribution in [1.82, 2.24) is 19.7 Å². The van der Waals surface area contributed by atoms with Crippen molar-refractivity contribution in [3.63, 3.8) is 0 Å². The number of hydrogen-bond donors (Lipinski definition) is 1. The van der Waals surface area contributed by atoms with E-state index in [0.717, 1.165) is 58.9 Å². The molecule has 0 amide bonds. The molecule has 170 valence electrons. The number of anilines is 1. The van der Waals surface area contributed by atoms with Crippen molar-refractivity contribution < 1.29 is 4.79 Å². The summed E-state index contributed by atoms with van der Waals surface area (Å²) in [6.45, 7) is 9.26. The number of carbonyl (C=O) groups excluding carboxylic acids is 1. The van der Waals surface area contributed by atoms with E-state index in [4.69, 9.17) is 16.7 Å². The number of rotatable bonds is 6. The lowest BCUT2D eigenvalue weighted by atomic mass is 9.93. The Morgan fingerprint density at radius 1 is 1.22 bits per heavy atom. The third kappa shape index (κ3) is 5.57. The van der Waals surface area contributed by atoms with Crippen molar-refractivity contribution in [2.45, 2.75) is 52.6 Å². The molecule has 1 saturated heterocycles. The van der Waals surface area contributed by atoms with Gasteiger partial charge in [-0.15, -0.1) is 11.3 Å². The van der Waals surface area contributed by atoms with Gasteiger partial charge in [-0.05, 0) is 50.2 Å². The number of nitrogens with one attached hydrogen (secondary N) is 1. The predicted molar refractivity (Wildman–Crippen MR) is 130 cm³/mol. The molecule has 0 aromatic carbocycles. The number of halogens is 1. The highest BCUT2D eigenvalue weighted by atomic mass is 35.5. The van der Waals surface area contributed by atoms with Gasteiger partial charge in [0.1, 0.15) is 5.82 Å². The van der Waals surface area contributed by atoms with Crippen molar-refractivity contribution >= 4 is 34.7 Å². The Bertz CT molecular complexity index is 1050. The quantitative estimate of drug-likeness (QED) is 0.501. The summed E-state index contributed by atoms with van der Waals surface area (Å²) in [7, 11) is 0. The molecule has 3 aromatic rings. The standard InChI is InChI=1S/C24H30ClN5OS/c1-24(2,3)23(31)30-22(27-15-19-7-8-21(25)32-19)14-20(28-30)17-9-12-29(13-10-17)16-18-6-4-5-11-26-18/h4-8,11,14,17,27H,9-10,12-13,15-16H2,1-3H3. The van der Waals surface area contributed by atoms with Crippen LogP contribution >= 0.6 is 22.9 Å². The van der Waals surface area contributed by atoms with E-state index in [1.54, 1.807) is 16.0 Å². The number of aromatic nitrogens is 3. The molecule has 1 aliphatic rings. The first-order valence-electron chi connectivity index (χ1n) is 11.0. The molecule has 32 heavy (non-hydrogen) atoms. The van der Waals surface area contributed by atoms with Gasteiger partial charge in [-0.3, -0.25) is 14.7 Å². The van der Waals surface area contributed by atoms with Crippen LogP contribution in [0.15, 0.2) is 42.6 Å². The van der Waals surface area contributed by atoms with Gasteiger partial charge in [-0.1, -0.05) is 38.4 Å². The van der Waals surface area contributed by atoms with Crippen molar-refractivity contribution in [2.75, 3.05) is 18.4 Å². The molecule has 0 spiro atoms. The van der Waals surface area contributed by atoms with Gasteiger partial charge in [0, 0.05) is 35.0 Å². The monoisotopic (exact) mass is 471 g/mol. The molecule has 0 radical (unpaired) electrons. The number of thiophene rings is 1. The van der Waals surface area contributed by atoms with Crippen molar-refractivity contribution in [2.24, 2.45) is 5.41 Å². The van der Waals surface area contributed by atoms with E-state index in [-0.39, 0.29) is 5.91 Å². The zero-order valence-electron chi connectivity index (χ0n) is 18.8. The fraction of sp³-hybridized carbons (Fsp3) is 0.458. The minimum absolute atomic E-state index is 0.0111. The maximum absolute atomic E-state index is 13.1. The molecule has 6 nitrogen and oxygen atoms in total. The van der Waals surface area contributed by atoms with Gasteiger partial charge in [-0.2, -0.15) is 9.78 Å². The van der Waals surface area contributed by atoms with Gasteiger partial charge in [-0.25, -0.2) is 0 Å². The average molecular weight is 472 g/mol. The fourth-order valence-electron chi connectivity index (χ4n) is 3.93. The first-order chi connectivity index (χ1) is 15.3. The summed E-state index contributed by atoms with van der Waals surface area (Å²) in [5, 5.41) is 8.19. The molecule has 0 unspecified atom stereocenters. The first-order valence-corrected chi connectivity index (χ1v) is 12.2. The Hall–Kier alpha value is -2.22. The van der Waals surface area contributed by atoms with Crippen LogP contribution in [0.1, 0.15) is 60.6 Å². The lowest BCUT2D eigenvalue weighted by molar-refractivity contribution is 0.0750. The fourth-order valence-corrected chi connectivity index (χ4v) is 4.96. The van der Waals surface area contributed by atoms with E-state index in [9.17, 15) is 4.79 Å². The summed E-state index contributed by atoms with van der Waals surface area (Å²) in [5.74, 6) is 1.09. The second kappa shape index (κ2) is 9.73. The summed E-state index contributed by atoms with van der Waals surface area (Å²) >= 11 is 7.60. The third-order valence-corrected chi connectivity index (χ3v) is 6.98. The molecule has 1 N–H and O–H groups in total. The second-order valence-electron chi connectivity index (χ2n) is 9.35. The maximum atomic E-state index is 13.1. The van der Waals surface area contributed by atoms with Crippen LogP contribution in [0, 0.1) is 5.41 Å². The summed E-state index contributed by atoms with van der Waals surface area (Å²) < 4.78 is 2.32. The number of piperidine rings is 1. The topological polar surface area (TPSA) is 63.1 Å². The summed E-state index contributed by atoms with van der Waals surface area (Å²) in [6.07, 6.45) is 3.89. The van der Waals surface area contributed by atoms with Crippen LogP contribution in [0.3, 0.4) is 0 Å². The zero-order chi connectivity index (χ0) is 22.7. The lowest BCUT2D eigenvalue weighted by Gasteiger charge is -2.30. The van der Waals surface area contributed by atoms with Gasteiger partial charge < -0.3 is 5.32 Å². The van der Waals surface area contributed by atoms with Crippen LogP contribution in [-0.4, -0.2) is 38.7 Å². The van der Waals surface area contributed by atoms with Crippen LogP contribution in [0.2, 0.25) is 4.34 Å². The highest BCUT2D eigenvalue weighted by Gasteiger charge is 2.29. The van der Waals surface area contributed by atoms with E-state index in [2.05, 4.69) is 27.3 Å². The predicted octanol–water partition coefficient (Wildman–Crippen LogP) is 5.67. The Kier molecular flexibility index (Phi) is 6.98. The smallest absolute Gasteiger partial charge is 0.254 e. The normalized spacial score (nSPS) is 15.8. The van der Waals surface area contributed by atoms with Crippen molar-refractivity contribution in [1.29, 1.82) is 0 Å².